The molecule has 1 aliphatic rings. The van der Waals surface area contributed by atoms with Crippen molar-refractivity contribution in [3.63, 3.8) is 0 Å². The Morgan fingerprint density at radius 2 is 2.04 bits per heavy atom. The van der Waals surface area contributed by atoms with Gasteiger partial charge in [-0.05, 0) is 29.8 Å². The van der Waals surface area contributed by atoms with Gasteiger partial charge in [-0.1, -0.05) is 17.7 Å². The van der Waals surface area contributed by atoms with E-state index >= 15 is 0 Å². The molecule has 0 spiro atoms. The maximum atomic E-state index is 14.1. The van der Waals surface area contributed by atoms with Crippen molar-refractivity contribution in [3.8, 4) is 11.5 Å². The number of anilines is 1. The molecule has 0 bridgehead atoms. The number of hydrogen-bond acceptors (Lipinski definition) is 5. The van der Waals surface area contributed by atoms with Gasteiger partial charge in [0.15, 0.2) is 11.5 Å². The summed E-state index contributed by atoms with van der Waals surface area (Å²) in [6.45, 7) is 1.38. The van der Waals surface area contributed by atoms with Gasteiger partial charge in [0.25, 0.3) is 0 Å². The zero-order valence-corrected chi connectivity index (χ0v) is 13.3. The first-order chi connectivity index (χ1) is 11.7. The molecule has 7 heteroatoms. The van der Waals surface area contributed by atoms with Crippen molar-refractivity contribution in [2.24, 2.45) is 0 Å². The van der Waals surface area contributed by atoms with Gasteiger partial charge in [0.2, 0.25) is 0 Å². The van der Waals surface area contributed by atoms with Crippen LogP contribution >= 0.6 is 11.6 Å². The molecule has 1 aromatic heterocycles. The van der Waals surface area contributed by atoms with Gasteiger partial charge < -0.3 is 14.8 Å². The fraction of sp³-hybridized carbons (Fsp3) is 0.176. The average molecular weight is 346 g/mol. The highest BCUT2D eigenvalue weighted by atomic mass is 35.5. The molecule has 2 heterocycles. The highest BCUT2D eigenvalue weighted by Gasteiger charge is 2.17. The lowest BCUT2D eigenvalue weighted by Gasteiger charge is -2.20. The van der Waals surface area contributed by atoms with Crippen LogP contribution in [-0.4, -0.2) is 23.2 Å². The molecular formula is C17H13ClFN3O2. The molecule has 1 N–H and O–H groups in total. The maximum Gasteiger partial charge on any atom is 0.179 e. The fourth-order valence-electron chi connectivity index (χ4n) is 2.65. The summed E-state index contributed by atoms with van der Waals surface area (Å²) in [5, 5.41) is 3.99. The van der Waals surface area contributed by atoms with Crippen molar-refractivity contribution in [2.45, 2.75) is 6.54 Å². The fourth-order valence-corrected chi connectivity index (χ4v) is 2.94. The lowest BCUT2D eigenvalue weighted by molar-refractivity contribution is 0.171. The van der Waals surface area contributed by atoms with E-state index < -0.39 is 0 Å². The first-order valence-corrected chi connectivity index (χ1v) is 7.81. The summed E-state index contributed by atoms with van der Waals surface area (Å²) < 4.78 is 25.1. The summed E-state index contributed by atoms with van der Waals surface area (Å²) in [7, 11) is 0. The summed E-state index contributed by atoms with van der Waals surface area (Å²) in [6, 6.07) is 8.40. The Hall–Kier alpha value is -2.60. The highest BCUT2D eigenvalue weighted by Crippen LogP contribution is 2.38. The van der Waals surface area contributed by atoms with E-state index in [9.17, 15) is 4.39 Å². The topological polar surface area (TPSA) is 56.3 Å². The number of ether oxygens (including phenoxy) is 2. The molecule has 0 radical (unpaired) electrons. The number of nitrogens with zero attached hydrogens (tertiary/aromatic N) is 2. The maximum absolute atomic E-state index is 14.1. The van der Waals surface area contributed by atoms with Crippen LogP contribution < -0.4 is 14.8 Å². The van der Waals surface area contributed by atoms with E-state index in [-0.39, 0.29) is 5.82 Å². The molecule has 122 valence electrons. The van der Waals surface area contributed by atoms with Crippen LogP contribution in [0.15, 0.2) is 36.7 Å². The Labute approximate surface area is 142 Å². The zero-order valence-electron chi connectivity index (χ0n) is 12.6. The smallest absolute Gasteiger partial charge is 0.179 e. The second-order valence-electron chi connectivity index (χ2n) is 5.31. The summed E-state index contributed by atoms with van der Waals surface area (Å²) in [6.07, 6.45) is 1.40. The zero-order chi connectivity index (χ0) is 16.5. The SMILES string of the molecule is Fc1cccc2ncnc(NCc3cc(Cl)c4c(c3)OCCO4)c12. The molecule has 0 amide bonds. The summed E-state index contributed by atoms with van der Waals surface area (Å²) >= 11 is 6.23. The van der Waals surface area contributed by atoms with E-state index in [1.54, 1.807) is 18.2 Å². The second kappa shape index (κ2) is 6.13. The molecule has 2 aromatic carbocycles. The number of aromatic nitrogens is 2. The summed E-state index contributed by atoms with van der Waals surface area (Å²) in [5.74, 6) is 1.24. The van der Waals surface area contributed by atoms with Crippen LogP contribution in [0.5, 0.6) is 11.5 Å². The van der Waals surface area contributed by atoms with Gasteiger partial charge in [-0.25, -0.2) is 14.4 Å². The average Bonchev–Trinajstić information content (AvgIpc) is 2.60. The van der Waals surface area contributed by atoms with Gasteiger partial charge in [-0.15, -0.1) is 0 Å². The van der Waals surface area contributed by atoms with Crippen LogP contribution in [0.25, 0.3) is 10.9 Å². The Kier molecular flexibility index (Phi) is 3.82. The lowest BCUT2D eigenvalue weighted by atomic mass is 10.1. The van der Waals surface area contributed by atoms with Crippen molar-refractivity contribution in [2.75, 3.05) is 18.5 Å². The third-order valence-corrected chi connectivity index (χ3v) is 4.01. The molecule has 24 heavy (non-hydrogen) atoms. The molecule has 0 fully saturated rings. The number of halogens is 2. The number of benzene rings is 2. The number of rotatable bonds is 3. The number of nitrogens with one attached hydrogen (secondary N) is 1. The third-order valence-electron chi connectivity index (χ3n) is 3.73. The summed E-state index contributed by atoms with van der Waals surface area (Å²) in [4.78, 5) is 8.22. The molecule has 0 atom stereocenters. The van der Waals surface area contributed by atoms with Crippen LogP contribution in [0, 0.1) is 5.82 Å². The molecule has 0 saturated heterocycles. The van der Waals surface area contributed by atoms with Crippen LogP contribution in [0.4, 0.5) is 10.2 Å². The predicted octanol–water partition coefficient (Wildman–Crippen LogP) is 3.81. The van der Waals surface area contributed by atoms with Gasteiger partial charge in [0.1, 0.15) is 31.2 Å². The Bertz CT molecular complexity index is 914. The van der Waals surface area contributed by atoms with E-state index in [0.717, 1.165) is 5.56 Å². The third kappa shape index (κ3) is 2.69. The van der Waals surface area contributed by atoms with E-state index in [1.165, 1.54) is 12.4 Å². The van der Waals surface area contributed by atoms with Gasteiger partial charge >= 0.3 is 0 Å². The standard InChI is InChI=1S/C17H13ClFN3O2/c18-11-6-10(7-14-16(11)24-5-4-23-14)8-20-17-15-12(19)2-1-3-13(15)21-9-22-17/h1-3,6-7,9H,4-5,8H2,(H,20,21,22). The van der Waals surface area contributed by atoms with Crippen molar-refractivity contribution in [3.05, 3.63) is 53.1 Å². The predicted molar refractivity (Wildman–Crippen MR) is 89.3 cm³/mol. The quantitative estimate of drug-likeness (QED) is 0.782. The van der Waals surface area contributed by atoms with E-state index in [0.29, 0.717) is 53.0 Å². The van der Waals surface area contributed by atoms with E-state index in [4.69, 9.17) is 21.1 Å². The Morgan fingerprint density at radius 1 is 1.17 bits per heavy atom. The molecule has 0 aliphatic carbocycles. The lowest BCUT2D eigenvalue weighted by Crippen LogP contribution is -2.16. The van der Waals surface area contributed by atoms with E-state index in [1.807, 2.05) is 6.07 Å². The van der Waals surface area contributed by atoms with Crippen LogP contribution in [0.3, 0.4) is 0 Å². The number of hydrogen-bond donors (Lipinski definition) is 1. The first-order valence-electron chi connectivity index (χ1n) is 7.43. The highest BCUT2D eigenvalue weighted by molar-refractivity contribution is 6.32. The largest absolute Gasteiger partial charge is 0.486 e. The Balaban J connectivity index is 1.63. The molecule has 0 unspecified atom stereocenters. The normalized spacial score (nSPS) is 13.1. The molecule has 3 aromatic rings. The van der Waals surface area contributed by atoms with Gasteiger partial charge in [0.05, 0.1) is 15.9 Å². The van der Waals surface area contributed by atoms with Crippen molar-refractivity contribution >= 4 is 28.3 Å². The summed E-state index contributed by atoms with van der Waals surface area (Å²) in [5.41, 5.74) is 1.43. The molecule has 1 aliphatic heterocycles. The number of fused-ring (bicyclic) bond motifs is 2. The molecule has 5 nitrogen and oxygen atoms in total. The van der Waals surface area contributed by atoms with Crippen LogP contribution in [-0.2, 0) is 6.54 Å². The minimum absolute atomic E-state index is 0.364. The van der Waals surface area contributed by atoms with Gasteiger partial charge in [0, 0.05) is 6.54 Å². The van der Waals surface area contributed by atoms with Crippen molar-refractivity contribution < 1.29 is 13.9 Å². The molecule has 4 rings (SSSR count). The van der Waals surface area contributed by atoms with Crippen molar-refractivity contribution in [1.82, 2.24) is 9.97 Å². The van der Waals surface area contributed by atoms with E-state index in [2.05, 4.69) is 15.3 Å². The minimum atomic E-state index is -0.365. The Morgan fingerprint density at radius 3 is 2.96 bits per heavy atom. The van der Waals surface area contributed by atoms with Crippen LogP contribution in [0.1, 0.15) is 5.56 Å². The minimum Gasteiger partial charge on any atom is -0.486 e. The monoisotopic (exact) mass is 345 g/mol. The van der Waals surface area contributed by atoms with Gasteiger partial charge in [-0.3, -0.25) is 0 Å². The van der Waals surface area contributed by atoms with Gasteiger partial charge in [-0.2, -0.15) is 0 Å². The van der Waals surface area contributed by atoms with Crippen molar-refractivity contribution in [1.29, 1.82) is 0 Å². The first kappa shape index (κ1) is 15.0. The second-order valence-corrected chi connectivity index (χ2v) is 5.72. The molecule has 0 saturated carbocycles. The molecular weight excluding hydrogens is 333 g/mol. The van der Waals surface area contributed by atoms with Crippen LogP contribution in [0.2, 0.25) is 5.02 Å².